The number of rotatable bonds is 4. The number of benzene rings is 1. The largest absolute Gasteiger partial charge is 0.496 e. The second-order valence-electron chi connectivity index (χ2n) is 2.82. The Hall–Kier alpha value is -1.06. The molecule has 3 N–H and O–H groups in total. The van der Waals surface area contributed by atoms with Gasteiger partial charge in [-0.25, -0.2) is 0 Å². The van der Waals surface area contributed by atoms with E-state index in [1.807, 2.05) is 31.3 Å². The fourth-order valence-corrected chi connectivity index (χ4v) is 1.35. The number of methoxy groups -OCH3 is 1. The van der Waals surface area contributed by atoms with Crippen molar-refractivity contribution < 1.29 is 4.74 Å². The van der Waals surface area contributed by atoms with Gasteiger partial charge in [0.25, 0.3) is 0 Å². The van der Waals surface area contributed by atoms with E-state index in [1.165, 1.54) is 0 Å². The SMILES string of the molecule is CNC(CN)c1ccccc1OC. The van der Waals surface area contributed by atoms with Gasteiger partial charge in [0.15, 0.2) is 0 Å². The van der Waals surface area contributed by atoms with E-state index in [4.69, 9.17) is 10.5 Å². The molecule has 1 aromatic rings. The molecule has 0 bridgehead atoms. The molecule has 1 unspecified atom stereocenters. The Bertz CT molecular complexity index is 259. The Labute approximate surface area is 78.9 Å². The van der Waals surface area contributed by atoms with Gasteiger partial charge in [0.1, 0.15) is 5.75 Å². The van der Waals surface area contributed by atoms with Crippen LogP contribution in [0.4, 0.5) is 0 Å². The zero-order chi connectivity index (χ0) is 9.68. The normalized spacial score (nSPS) is 12.5. The number of nitrogens with two attached hydrogens (primary N) is 1. The van der Waals surface area contributed by atoms with Crippen LogP contribution < -0.4 is 15.8 Å². The summed E-state index contributed by atoms with van der Waals surface area (Å²) in [5.74, 6) is 0.882. The van der Waals surface area contributed by atoms with Gasteiger partial charge in [-0.3, -0.25) is 0 Å². The second kappa shape index (κ2) is 4.84. The van der Waals surface area contributed by atoms with Crippen LogP contribution in [0.25, 0.3) is 0 Å². The Kier molecular flexibility index (Phi) is 3.73. The summed E-state index contributed by atoms with van der Waals surface area (Å²) in [6, 6.07) is 8.06. The second-order valence-corrected chi connectivity index (χ2v) is 2.82. The molecule has 0 aliphatic rings. The third kappa shape index (κ3) is 2.20. The van der Waals surface area contributed by atoms with E-state index in [0.29, 0.717) is 6.54 Å². The molecule has 0 saturated carbocycles. The first-order valence-corrected chi connectivity index (χ1v) is 4.33. The molecule has 1 atom stereocenters. The van der Waals surface area contributed by atoms with Crippen LogP contribution in [-0.4, -0.2) is 20.7 Å². The summed E-state index contributed by atoms with van der Waals surface area (Å²) >= 11 is 0. The Balaban J connectivity index is 2.96. The smallest absolute Gasteiger partial charge is 0.123 e. The van der Waals surface area contributed by atoms with Crippen LogP contribution in [-0.2, 0) is 0 Å². The maximum Gasteiger partial charge on any atom is 0.123 e. The third-order valence-electron chi connectivity index (χ3n) is 2.10. The Morgan fingerprint density at radius 3 is 2.69 bits per heavy atom. The number of likely N-dealkylation sites (N-methyl/N-ethyl adjacent to an activating group) is 1. The van der Waals surface area contributed by atoms with Crippen LogP contribution in [0.15, 0.2) is 24.3 Å². The predicted octanol–water partition coefficient (Wildman–Crippen LogP) is 0.914. The maximum absolute atomic E-state index is 5.62. The summed E-state index contributed by atoms with van der Waals surface area (Å²) in [7, 11) is 3.56. The molecule has 0 radical (unpaired) electrons. The molecule has 0 heterocycles. The number of hydrogen-bond donors (Lipinski definition) is 2. The first kappa shape index (κ1) is 10.0. The molecule has 0 spiro atoms. The van der Waals surface area contributed by atoms with Crippen LogP contribution >= 0.6 is 0 Å². The van der Waals surface area contributed by atoms with E-state index in [0.717, 1.165) is 11.3 Å². The van der Waals surface area contributed by atoms with Crippen LogP contribution in [0, 0.1) is 0 Å². The molecule has 1 aromatic carbocycles. The van der Waals surface area contributed by atoms with E-state index in [9.17, 15) is 0 Å². The lowest BCUT2D eigenvalue weighted by Gasteiger charge is -2.16. The quantitative estimate of drug-likeness (QED) is 0.724. The molecule has 0 amide bonds. The highest BCUT2D eigenvalue weighted by Gasteiger charge is 2.10. The van der Waals surface area contributed by atoms with Gasteiger partial charge in [0.2, 0.25) is 0 Å². The van der Waals surface area contributed by atoms with Crippen molar-refractivity contribution in [3.05, 3.63) is 29.8 Å². The van der Waals surface area contributed by atoms with Crippen molar-refractivity contribution in [1.82, 2.24) is 5.32 Å². The molecule has 3 heteroatoms. The van der Waals surface area contributed by atoms with E-state index in [-0.39, 0.29) is 6.04 Å². The highest BCUT2D eigenvalue weighted by Crippen LogP contribution is 2.23. The van der Waals surface area contributed by atoms with Crippen molar-refractivity contribution in [2.45, 2.75) is 6.04 Å². The van der Waals surface area contributed by atoms with Gasteiger partial charge in [0.05, 0.1) is 7.11 Å². The molecule has 0 aromatic heterocycles. The van der Waals surface area contributed by atoms with Crippen LogP contribution in [0.5, 0.6) is 5.75 Å². The van der Waals surface area contributed by atoms with Crippen molar-refractivity contribution in [2.24, 2.45) is 5.73 Å². The minimum absolute atomic E-state index is 0.163. The molecule has 0 saturated heterocycles. The van der Waals surface area contributed by atoms with Crippen molar-refractivity contribution in [2.75, 3.05) is 20.7 Å². The van der Waals surface area contributed by atoms with Crippen molar-refractivity contribution in [3.63, 3.8) is 0 Å². The summed E-state index contributed by atoms with van der Waals surface area (Å²) in [4.78, 5) is 0. The van der Waals surface area contributed by atoms with Crippen molar-refractivity contribution in [1.29, 1.82) is 0 Å². The van der Waals surface area contributed by atoms with E-state index < -0.39 is 0 Å². The van der Waals surface area contributed by atoms with Gasteiger partial charge >= 0.3 is 0 Å². The van der Waals surface area contributed by atoms with Crippen LogP contribution in [0.1, 0.15) is 11.6 Å². The van der Waals surface area contributed by atoms with Gasteiger partial charge in [-0.2, -0.15) is 0 Å². The summed E-state index contributed by atoms with van der Waals surface area (Å²) in [6.45, 7) is 0.566. The van der Waals surface area contributed by atoms with Gasteiger partial charge < -0.3 is 15.8 Å². The molecule has 13 heavy (non-hydrogen) atoms. The average Bonchev–Trinajstić information content (AvgIpc) is 2.20. The molecule has 72 valence electrons. The minimum atomic E-state index is 0.163. The monoisotopic (exact) mass is 180 g/mol. The lowest BCUT2D eigenvalue weighted by molar-refractivity contribution is 0.402. The standard InChI is InChI=1S/C10H16N2O/c1-12-9(7-11)8-5-3-4-6-10(8)13-2/h3-6,9,12H,7,11H2,1-2H3. The number of ether oxygens (including phenoxy) is 1. The number of hydrogen-bond acceptors (Lipinski definition) is 3. The Morgan fingerprint density at radius 1 is 1.46 bits per heavy atom. The van der Waals surface area contributed by atoms with Gasteiger partial charge in [0, 0.05) is 18.2 Å². The number of nitrogens with one attached hydrogen (secondary N) is 1. The first-order valence-electron chi connectivity index (χ1n) is 4.33. The van der Waals surface area contributed by atoms with E-state index in [1.54, 1.807) is 7.11 Å². The number of para-hydroxylation sites is 1. The summed E-state index contributed by atoms with van der Waals surface area (Å²) in [5.41, 5.74) is 6.73. The zero-order valence-electron chi connectivity index (χ0n) is 8.08. The molecule has 0 aliphatic heterocycles. The highest BCUT2D eigenvalue weighted by molar-refractivity contribution is 5.35. The Morgan fingerprint density at radius 2 is 2.15 bits per heavy atom. The van der Waals surface area contributed by atoms with E-state index >= 15 is 0 Å². The van der Waals surface area contributed by atoms with Crippen LogP contribution in [0.2, 0.25) is 0 Å². The zero-order valence-corrected chi connectivity index (χ0v) is 8.08. The van der Waals surface area contributed by atoms with Crippen LogP contribution in [0.3, 0.4) is 0 Å². The summed E-state index contributed by atoms with van der Waals surface area (Å²) < 4.78 is 5.23. The summed E-state index contributed by atoms with van der Waals surface area (Å²) in [6.07, 6.45) is 0. The van der Waals surface area contributed by atoms with Crippen molar-refractivity contribution >= 4 is 0 Å². The highest BCUT2D eigenvalue weighted by atomic mass is 16.5. The van der Waals surface area contributed by atoms with E-state index in [2.05, 4.69) is 5.32 Å². The molecular formula is C10H16N2O. The maximum atomic E-state index is 5.62. The first-order chi connectivity index (χ1) is 6.33. The molecule has 0 aliphatic carbocycles. The minimum Gasteiger partial charge on any atom is -0.496 e. The molecule has 1 rings (SSSR count). The fourth-order valence-electron chi connectivity index (χ4n) is 1.35. The van der Waals surface area contributed by atoms with Crippen molar-refractivity contribution in [3.8, 4) is 5.75 Å². The van der Waals surface area contributed by atoms with Gasteiger partial charge in [-0.15, -0.1) is 0 Å². The molecule has 0 fully saturated rings. The van der Waals surface area contributed by atoms with Gasteiger partial charge in [-0.1, -0.05) is 18.2 Å². The lowest BCUT2D eigenvalue weighted by Crippen LogP contribution is -2.25. The average molecular weight is 180 g/mol. The van der Waals surface area contributed by atoms with Gasteiger partial charge in [-0.05, 0) is 13.1 Å². The lowest BCUT2D eigenvalue weighted by atomic mass is 10.1. The fraction of sp³-hybridized carbons (Fsp3) is 0.400. The molecule has 3 nitrogen and oxygen atoms in total. The molecular weight excluding hydrogens is 164 g/mol. The summed E-state index contributed by atoms with van der Waals surface area (Å²) in [5, 5.41) is 3.14. The topological polar surface area (TPSA) is 47.3 Å². The predicted molar refractivity (Wildman–Crippen MR) is 53.8 cm³/mol. The third-order valence-corrected chi connectivity index (χ3v) is 2.10.